The van der Waals surface area contributed by atoms with Gasteiger partial charge in [-0.15, -0.1) is 0 Å². The minimum Gasteiger partial charge on any atom is -0.484 e. The largest absolute Gasteiger partial charge is 0.484 e. The van der Waals surface area contributed by atoms with E-state index in [2.05, 4.69) is 15.2 Å². The van der Waals surface area contributed by atoms with Gasteiger partial charge in [-0.1, -0.05) is 17.7 Å². The number of hydrogen-bond donors (Lipinski definition) is 1. The minimum atomic E-state index is -3.67. The lowest BCUT2D eigenvalue weighted by Gasteiger charge is -2.20. The zero-order chi connectivity index (χ0) is 24.1. The number of amides is 1. The third-order valence-corrected chi connectivity index (χ3v) is 7.51. The molecule has 1 aliphatic rings. The molecular weight excluding hydrogens is 452 g/mol. The van der Waals surface area contributed by atoms with Gasteiger partial charge in [0, 0.05) is 20.1 Å². The summed E-state index contributed by atoms with van der Waals surface area (Å²) in [6, 6.07) is 17.0. The number of anilines is 3. The molecule has 0 saturated carbocycles. The zero-order valence-corrected chi connectivity index (χ0v) is 20.1. The number of sulfonamides is 1. The van der Waals surface area contributed by atoms with Crippen molar-refractivity contribution in [2.24, 2.45) is 0 Å². The molecule has 2 aromatic carbocycles. The Balaban J connectivity index is 1.31. The van der Waals surface area contributed by atoms with Gasteiger partial charge in [-0.2, -0.15) is 0 Å². The lowest BCUT2D eigenvalue weighted by molar-refractivity contribution is -0.118. The van der Waals surface area contributed by atoms with E-state index in [4.69, 9.17) is 4.74 Å². The predicted octanol–water partition coefficient (Wildman–Crippen LogP) is 3.83. The molecule has 0 unspecified atom stereocenters. The van der Waals surface area contributed by atoms with Crippen LogP contribution in [0.15, 0.2) is 71.8 Å². The van der Waals surface area contributed by atoms with Crippen molar-refractivity contribution in [3.63, 3.8) is 0 Å². The lowest BCUT2D eigenvalue weighted by Crippen LogP contribution is -2.26. The second kappa shape index (κ2) is 10.1. The topological polar surface area (TPSA) is 91.8 Å². The number of carbonyl (C=O) groups excluding carboxylic acids is 1. The van der Waals surface area contributed by atoms with Gasteiger partial charge in [0.2, 0.25) is 0 Å². The van der Waals surface area contributed by atoms with Gasteiger partial charge in [-0.3, -0.25) is 9.10 Å². The van der Waals surface area contributed by atoms with Crippen LogP contribution in [-0.4, -0.2) is 46.1 Å². The molecule has 0 atom stereocenters. The molecule has 0 aliphatic carbocycles. The molecule has 1 fully saturated rings. The Labute approximate surface area is 200 Å². The summed E-state index contributed by atoms with van der Waals surface area (Å²) < 4.78 is 32.5. The smallest absolute Gasteiger partial charge is 0.264 e. The molecule has 0 radical (unpaired) electrons. The van der Waals surface area contributed by atoms with Crippen molar-refractivity contribution >= 4 is 33.1 Å². The van der Waals surface area contributed by atoms with E-state index >= 15 is 0 Å². The van der Waals surface area contributed by atoms with Crippen LogP contribution in [0.25, 0.3) is 0 Å². The number of rotatable bonds is 8. The van der Waals surface area contributed by atoms with Crippen LogP contribution >= 0.6 is 0 Å². The van der Waals surface area contributed by atoms with Crippen LogP contribution in [0, 0.1) is 6.92 Å². The molecule has 8 nitrogen and oxygen atoms in total. The molecule has 1 aromatic heterocycles. The molecule has 1 saturated heterocycles. The Kier molecular flexibility index (Phi) is 7.02. The number of benzene rings is 2. The van der Waals surface area contributed by atoms with Gasteiger partial charge in [-0.05, 0) is 68.3 Å². The first-order chi connectivity index (χ1) is 16.3. The van der Waals surface area contributed by atoms with Crippen LogP contribution in [0.5, 0.6) is 5.75 Å². The number of aromatic nitrogens is 1. The molecule has 3 aromatic rings. The predicted molar refractivity (Wildman–Crippen MR) is 133 cm³/mol. The van der Waals surface area contributed by atoms with Crippen LogP contribution in [0.3, 0.4) is 0 Å². The first kappa shape index (κ1) is 23.6. The Hall–Kier alpha value is -3.59. The fourth-order valence-electron chi connectivity index (χ4n) is 3.70. The summed E-state index contributed by atoms with van der Waals surface area (Å²) in [5.41, 5.74) is 2.08. The highest BCUT2D eigenvalue weighted by atomic mass is 32.2. The van der Waals surface area contributed by atoms with Crippen LogP contribution in [0.1, 0.15) is 18.4 Å². The average Bonchev–Trinajstić information content (AvgIpc) is 3.38. The lowest BCUT2D eigenvalue weighted by atomic mass is 10.2. The summed E-state index contributed by atoms with van der Waals surface area (Å²) in [5.74, 6) is 1.07. The summed E-state index contributed by atoms with van der Waals surface area (Å²) in [4.78, 5) is 19.1. The van der Waals surface area contributed by atoms with Crippen molar-refractivity contribution in [3.05, 3.63) is 72.4 Å². The quantitative estimate of drug-likeness (QED) is 0.527. The van der Waals surface area contributed by atoms with Gasteiger partial charge in [0.25, 0.3) is 15.9 Å². The number of nitrogens with zero attached hydrogens (tertiary/aromatic N) is 3. The van der Waals surface area contributed by atoms with Gasteiger partial charge >= 0.3 is 0 Å². The molecule has 4 rings (SSSR count). The van der Waals surface area contributed by atoms with Crippen molar-refractivity contribution in [2.75, 3.05) is 41.3 Å². The first-order valence-corrected chi connectivity index (χ1v) is 12.6. The highest BCUT2D eigenvalue weighted by molar-refractivity contribution is 7.92. The number of nitrogens with one attached hydrogen (secondary N) is 1. The highest BCUT2D eigenvalue weighted by Crippen LogP contribution is 2.25. The van der Waals surface area contributed by atoms with Gasteiger partial charge < -0.3 is 15.0 Å². The molecule has 1 amide bonds. The maximum Gasteiger partial charge on any atom is 0.264 e. The second-order valence-corrected chi connectivity index (χ2v) is 10.2. The van der Waals surface area contributed by atoms with Crippen molar-refractivity contribution in [2.45, 2.75) is 24.7 Å². The fourth-order valence-corrected chi connectivity index (χ4v) is 4.89. The summed E-state index contributed by atoms with van der Waals surface area (Å²) in [7, 11) is -2.17. The van der Waals surface area contributed by atoms with Crippen molar-refractivity contribution in [3.8, 4) is 5.75 Å². The van der Waals surface area contributed by atoms with Gasteiger partial charge in [0.15, 0.2) is 6.61 Å². The summed E-state index contributed by atoms with van der Waals surface area (Å²) >= 11 is 0. The van der Waals surface area contributed by atoms with Crippen molar-refractivity contribution in [1.82, 2.24) is 4.98 Å². The van der Waals surface area contributed by atoms with Crippen LogP contribution in [0.2, 0.25) is 0 Å². The summed E-state index contributed by atoms with van der Waals surface area (Å²) in [6.45, 7) is 3.75. The molecule has 1 N–H and O–H groups in total. The Morgan fingerprint density at radius 1 is 1.03 bits per heavy atom. The van der Waals surface area contributed by atoms with E-state index in [1.165, 1.54) is 24.2 Å². The maximum atomic E-state index is 12.8. The standard InChI is InChI=1S/C25H28N4O4S/c1-19-5-12-23(13-6-19)34(31,32)28(2)21-8-10-22(11-9-21)33-18-25(30)27-20-7-14-24(26-17-20)29-15-3-4-16-29/h5-14,17H,3-4,15-16,18H2,1-2H3,(H,27,30). The normalized spacial score (nSPS) is 13.5. The van der Waals surface area contributed by atoms with E-state index in [1.807, 2.05) is 19.1 Å². The van der Waals surface area contributed by atoms with Crippen molar-refractivity contribution in [1.29, 1.82) is 0 Å². The van der Waals surface area contributed by atoms with E-state index in [0.29, 0.717) is 17.1 Å². The number of aryl methyl sites for hydroxylation is 1. The van der Waals surface area contributed by atoms with Crippen LogP contribution in [-0.2, 0) is 14.8 Å². The van der Waals surface area contributed by atoms with Crippen LogP contribution in [0.4, 0.5) is 17.2 Å². The molecule has 2 heterocycles. The Morgan fingerprint density at radius 3 is 2.32 bits per heavy atom. The molecule has 34 heavy (non-hydrogen) atoms. The third kappa shape index (κ3) is 5.48. The Bertz CT molecular complexity index is 1220. The third-order valence-electron chi connectivity index (χ3n) is 5.71. The van der Waals surface area contributed by atoms with Gasteiger partial charge in [0.05, 0.1) is 22.5 Å². The minimum absolute atomic E-state index is 0.176. The molecule has 0 bridgehead atoms. The molecular formula is C25H28N4O4S. The summed E-state index contributed by atoms with van der Waals surface area (Å²) in [6.07, 6.45) is 4.00. The Morgan fingerprint density at radius 2 is 1.71 bits per heavy atom. The van der Waals surface area contributed by atoms with Gasteiger partial charge in [-0.25, -0.2) is 13.4 Å². The number of ether oxygens (including phenoxy) is 1. The second-order valence-electron chi connectivity index (χ2n) is 8.22. The van der Waals surface area contributed by atoms with Gasteiger partial charge in [0.1, 0.15) is 11.6 Å². The average molecular weight is 481 g/mol. The first-order valence-electron chi connectivity index (χ1n) is 11.1. The maximum absolute atomic E-state index is 12.8. The molecule has 9 heteroatoms. The van der Waals surface area contributed by atoms with E-state index in [0.717, 1.165) is 24.5 Å². The van der Waals surface area contributed by atoms with E-state index in [9.17, 15) is 13.2 Å². The molecule has 1 aliphatic heterocycles. The fraction of sp³-hybridized carbons (Fsp3) is 0.280. The van der Waals surface area contributed by atoms with E-state index in [1.54, 1.807) is 54.7 Å². The van der Waals surface area contributed by atoms with E-state index < -0.39 is 10.0 Å². The molecule has 178 valence electrons. The SMILES string of the molecule is Cc1ccc(S(=O)(=O)N(C)c2ccc(OCC(=O)Nc3ccc(N4CCCC4)nc3)cc2)cc1. The monoisotopic (exact) mass is 480 g/mol. The number of hydrogen-bond acceptors (Lipinski definition) is 6. The van der Waals surface area contributed by atoms with Crippen LogP contribution < -0.4 is 19.3 Å². The number of carbonyl (C=O) groups is 1. The number of pyridine rings is 1. The summed E-state index contributed by atoms with van der Waals surface area (Å²) in [5, 5.41) is 2.77. The van der Waals surface area contributed by atoms with E-state index in [-0.39, 0.29) is 17.4 Å². The van der Waals surface area contributed by atoms with Crippen molar-refractivity contribution < 1.29 is 17.9 Å². The highest BCUT2D eigenvalue weighted by Gasteiger charge is 2.21. The molecule has 0 spiro atoms. The zero-order valence-electron chi connectivity index (χ0n) is 19.3.